The first kappa shape index (κ1) is 11.0. The van der Waals surface area contributed by atoms with Crippen molar-refractivity contribution in [2.24, 2.45) is 5.92 Å². The van der Waals surface area contributed by atoms with Gasteiger partial charge in [-0.3, -0.25) is 0 Å². The van der Waals surface area contributed by atoms with Gasteiger partial charge in [0.2, 0.25) is 0 Å². The number of hydrogen-bond donors (Lipinski definition) is 1. The highest BCUT2D eigenvalue weighted by Gasteiger charge is 2.32. The van der Waals surface area contributed by atoms with Crippen LogP contribution < -0.4 is 5.32 Å². The molecule has 2 nitrogen and oxygen atoms in total. The maximum atomic E-state index is 3.56. The zero-order valence-corrected chi connectivity index (χ0v) is 9.72. The molecule has 1 atom stereocenters. The van der Waals surface area contributed by atoms with E-state index < -0.39 is 0 Å². The van der Waals surface area contributed by atoms with Crippen LogP contribution in [-0.2, 0) is 0 Å². The minimum Gasteiger partial charge on any atom is -0.310 e. The molecule has 2 heteroatoms. The third-order valence-corrected chi connectivity index (χ3v) is 2.84. The van der Waals surface area contributed by atoms with Crippen LogP contribution in [0.15, 0.2) is 0 Å². The molecule has 1 saturated heterocycles. The molecule has 0 aromatic heterocycles. The molecule has 1 aliphatic heterocycles. The van der Waals surface area contributed by atoms with Crippen molar-refractivity contribution in [3.63, 3.8) is 0 Å². The molecule has 1 heterocycles. The number of nitrogens with zero attached hydrogens (tertiary/aromatic N) is 1. The Bertz CT molecular complexity index is 163. The third-order valence-electron chi connectivity index (χ3n) is 2.84. The van der Waals surface area contributed by atoms with Crippen molar-refractivity contribution in [1.82, 2.24) is 10.2 Å². The lowest BCUT2D eigenvalue weighted by Crippen LogP contribution is -2.35. The molecular formula is C11H24N2. The van der Waals surface area contributed by atoms with Gasteiger partial charge in [0.1, 0.15) is 0 Å². The number of rotatable bonds is 3. The fourth-order valence-corrected chi connectivity index (χ4v) is 2.16. The summed E-state index contributed by atoms with van der Waals surface area (Å²) in [7, 11) is 2.24. The Morgan fingerprint density at radius 3 is 2.46 bits per heavy atom. The summed E-state index contributed by atoms with van der Waals surface area (Å²) in [4.78, 5) is 2.49. The second-order valence-electron chi connectivity index (χ2n) is 5.46. The zero-order chi connectivity index (χ0) is 10.1. The quantitative estimate of drug-likeness (QED) is 0.718. The van der Waals surface area contributed by atoms with Gasteiger partial charge in [0.25, 0.3) is 0 Å². The van der Waals surface area contributed by atoms with Gasteiger partial charge in [0, 0.05) is 24.7 Å². The van der Waals surface area contributed by atoms with Crippen molar-refractivity contribution >= 4 is 0 Å². The van der Waals surface area contributed by atoms with Crippen molar-refractivity contribution < 1.29 is 0 Å². The van der Waals surface area contributed by atoms with E-state index >= 15 is 0 Å². The molecule has 0 radical (unpaired) electrons. The van der Waals surface area contributed by atoms with E-state index in [-0.39, 0.29) is 0 Å². The van der Waals surface area contributed by atoms with Crippen molar-refractivity contribution in [3.05, 3.63) is 0 Å². The second-order valence-corrected chi connectivity index (χ2v) is 5.46. The van der Waals surface area contributed by atoms with Crippen LogP contribution in [0.25, 0.3) is 0 Å². The fraction of sp³-hybridized carbons (Fsp3) is 1.00. The summed E-state index contributed by atoms with van der Waals surface area (Å²) >= 11 is 0. The Balaban J connectivity index is 2.37. The summed E-state index contributed by atoms with van der Waals surface area (Å²) in [6, 6.07) is 0.734. The van der Waals surface area contributed by atoms with E-state index in [2.05, 4.69) is 45.0 Å². The van der Waals surface area contributed by atoms with E-state index in [1.165, 1.54) is 13.0 Å². The summed E-state index contributed by atoms with van der Waals surface area (Å²) in [5.74, 6) is 0.772. The second kappa shape index (κ2) is 3.97. The van der Waals surface area contributed by atoms with E-state index in [4.69, 9.17) is 0 Å². The van der Waals surface area contributed by atoms with Crippen molar-refractivity contribution in [2.45, 2.75) is 45.7 Å². The van der Waals surface area contributed by atoms with Crippen LogP contribution in [-0.4, -0.2) is 36.6 Å². The molecule has 13 heavy (non-hydrogen) atoms. The largest absolute Gasteiger partial charge is 0.310 e. The molecule has 0 aliphatic carbocycles. The summed E-state index contributed by atoms with van der Waals surface area (Å²) < 4.78 is 0. The van der Waals surface area contributed by atoms with E-state index in [9.17, 15) is 0 Å². The van der Waals surface area contributed by atoms with Gasteiger partial charge in [-0.1, -0.05) is 13.8 Å². The Kier molecular flexibility index (Phi) is 3.36. The first-order valence-corrected chi connectivity index (χ1v) is 5.36. The molecule has 0 aromatic rings. The van der Waals surface area contributed by atoms with Crippen LogP contribution >= 0.6 is 0 Å². The Morgan fingerprint density at radius 2 is 2.08 bits per heavy atom. The van der Waals surface area contributed by atoms with E-state index in [1.807, 2.05) is 0 Å². The van der Waals surface area contributed by atoms with Gasteiger partial charge in [-0.2, -0.15) is 0 Å². The third kappa shape index (κ3) is 3.28. The molecule has 0 saturated carbocycles. The lowest BCUT2D eigenvalue weighted by molar-refractivity contribution is 0.223. The van der Waals surface area contributed by atoms with Crippen molar-refractivity contribution in [2.75, 3.05) is 20.1 Å². The van der Waals surface area contributed by atoms with Crippen LogP contribution in [0.2, 0.25) is 0 Å². The van der Waals surface area contributed by atoms with Gasteiger partial charge in [-0.15, -0.1) is 0 Å². The molecule has 1 aliphatic rings. The molecule has 0 aromatic carbocycles. The molecule has 1 unspecified atom stereocenters. The summed E-state index contributed by atoms with van der Waals surface area (Å²) in [5.41, 5.74) is 0.343. The maximum absolute atomic E-state index is 3.56. The number of hydrogen-bond acceptors (Lipinski definition) is 2. The normalized spacial score (nSPS) is 27.5. The Morgan fingerprint density at radius 1 is 1.46 bits per heavy atom. The first-order chi connectivity index (χ1) is 5.91. The molecule has 0 bridgehead atoms. The SMILES string of the molecule is CC(C)CN(C)C1CNC(C)(C)C1. The van der Waals surface area contributed by atoms with E-state index in [0.717, 1.165) is 18.5 Å². The predicted octanol–water partition coefficient (Wildman–Crippen LogP) is 1.71. The van der Waals surface area contributed by atoms with Gasteiger partial charge in [-0.25, -0.2) is 0 Å². The van der Waals surface area contributed by atoms with Crippen LogP contribution in [0.1, 0.15) is 34.1 Å². The molecular weight excluding hydrogens is 160 g/mol. The Hall–Kier alpha value is -0.0800. The van der Waals surface area contributed by atoms with Crippen molar-refractivity contribution in [1.29, 1.82) is 0 Å². The first-order valence-electron chi connectivity index (χ1n) is 5.36. The van der Waals surface area contributed by atoms with Crippen molar-refractivity contribution in [3.8, 4) is 0 Å². The highest BCUT2D eigenvalue weighted by molar-refractivity contribution is 4.93. The Labute approximate surface area is 82.7 Å². The van der Waals surface area contributed by atoms with E-state index in [0.29, 0.717) is 5.54 Å². The van der Waals surface area contributed by atoms with Crippen LogP contribution in [0.4, 0.5) is 0 Å². The standard InChI is InChI=1S/C11H24N2/c1-9(2)8-13(5)10-6-11(3,4)12-7-10/h9-10,12H,6-8H2,1-5H3. The molecule has 0 amide bonds. The summed E-state index contributed by atoms with van der Waals surface area (Å²) in [5, 5.41) is 3.56. The van der Waals surface area contributed by atoms with Gasteiger partial charge in [0.15, 0.2) is 0 Å². The highest BCUT2D eigenvalue weighted by Crippen LogP contribution is 2.21. The van der Waals surface area contributed by atoms with Gasteiger partial charge in [0.05, 0.1) is 0 Å². The zero-order valence-electron chi connectivity index (χ0n) is 9.72. The summed E-state index contributed by atoms with van der Waals surface area (Å²) in [6.45, 7) is 11.5. The van der Waals surface area contributed by atoms with Crippen LogP contribution in [0.5, 0.6) is 0 Å². The van der Waals surface area contributed by atoms with Gasteiger partial charge >= 0.3 is 0 Å². The molecule has 78 valence electrons. The topological polar surface area (TPSA) is 15.3 Å². The average molecular weight is 184 g/mol. The molecule has 1 N–H and O–H groups in total. The van der Waals surface area contributed by atoms with Crippen LogP contribution in [0.3, 0.4) is 0 Å². The highest BCUT2D eigenvalue weighted by atomic mass is 15.2. The van der Waals surface area contributed by atoms with E-state index in [1.54, 1.807) is 0 Å². The number of likely N-dealkylation sites (N-methyl/N-ethyl adjacent to an activating group) is 1. The predicted molar refractivity (Wildman–Crippen MR) is 58.0 cm³/mol. The average Bonchev–Trinajstić information content (AvgIpc) is 2.28. The summed E-state index contributed by atoms with van der Waals surface area (Å²) in [6.07, 6.45) is 1.27. The van der Waals surface area contributed by atoms with Gasteiger partial charge in [-0.05, 0) is 33.2 Å². The molecule has 1 fully saturated rings. The number of nitrogens with one attached hydrogen (secondary N) is 1. The minimum absolute atomic E-state index is 0.343. The lowest BCUT2D eigenvalue weighted by Gasteiger charge is -2.26. The van der Waals surface area contributed by atoms with Crippen LogP contribution in [0, 0.1) is 5.92 Å². The van der Waals surface area contributed by atoms with Gasteiger partial charge < -0.3 is 10.2 Å². The fourth-order valence-electron chi connectivity index (χ4n) is 2.16. The lowest BCUT2D eigenvalue weighted by atomic mass is 10.0. The smallest absolute Gasteiger partial charge is 0.0235 e. The minimum atomic E-state index is 0.343. The maximum Gasteiger partial charge on any atom is 0.0235 e. The molecule has 0 spiro atoms. The monoisotopic (exact) mass is 184 g/mol. The molecule has 1 rings (SSSR count).